The summed E-state index contributed by atoms with van der Waals surface area (Å²) in [6, 6.07) is 18.6. The smallest absolute Gasteiger partial charge is 0.279 e. The van der Waals surface area contributed by atoms with Crippen LogP contribution in [-0.4, -0.2) is 26.0 Å². The number of hydrogen-bond donors (Lipinski definition) is 1. The molecule has 1 aromatic heterocycles. The molecule has 0 radical (unpaired) electrons. The van der Waals surface area contributed by atoms with E-state index >= 15 is 0 Å². The lowest BCUT2D eigenvalue weighted by atomic mass is 10.0. The van der Waals surface area contributed by atoms with Gasteiger partial charge < -0.3 is 9.30 Å². The van der Waals surface area contributed by atoms with Gasteiger partial charge in [0.1, 0.15) is 5.75 Å². The molecule has 1 amide bonds. The third-order valence-electron chi connectivity index (χ3n) is 5.61. The zero-order valence-corrected chi connectivity index (χ0v) is 21.9. The van der Waals surface area contributed by atoms with Gasteiger partial charge in [0.2, 0.25) is 0 Å². The van der Waals surface area contributed by atoms with Gasteiger partial charge in [-0.1, -0.05) is 43.4 Å². The van der Waals surface area contributed by atoms with Crippen LogP contribution in [-0.2, 0) is 16.6 Å². The van der Waals surface area contributed by atoms with Crippen LogP contribution in [0.1, 0.15) is 35.7 Å². The Balaban J connectivity index is 1.66. The molecule has 4 rings (SSSR count). The van der Waals surface area contributed by atoms with Crippen LogP contribution in [0.15, 0.2) is 89.3 Å². The summed E-state index contributed by atoms with van der Waals surface area (Å²) >= 11 is 1.44. The van der Waals surface area contributed by atoms with Crippen molar-refractivity contribution in [3.63, 3.8) is 0 Å². The summed E-state index contributed by atoms with van der Waals surface area (Å²) in [4.78, 5) is 18.1. The molecule has 0 spiro atoms. The number of methoxy groups -OCH3 is 1. The number of amides is 1. The molecule has 0 saturated carbocycles. The summed E-state index contributed by atoms with van der Waals surface area (Å²) in [7, 11) is -2.33. The Labute approximate surface area is 214 Å². The maximum atomic E-state index is 13.1. The SMILES string of the molecule is C=CCn1c(=NC(=O)c2cccc(NS(=O)(=O)c3ccc(OC)cc3)c2)sc2cc(C(C)C)ccc21. The monoisotopic (exact) mass is 521 g/mol. The molecule has 1 heterocycles. The fourth-order valence-corrected chi connectivity index (χ4v) is 5.81. The number of aromatic nitrogens is 1. The predicted octanol–water partition coefficient (Wildman–Crippen LogP) is 5.56. The third kappa shape index (κ3) is 5.42. The van der Waals surface area contributed by atoms with E-state index in [9.17, 15) is 13.2 Å². The first kappa shape index (κ1) is 25.4. The molecule has 4 aromatic rings. The van der Waals surface area contributed by atoms with Crippen LogP contribution in [0.4, 0.5) is 5.69 Å². The highest BCUT2D eigenvalue weighted by atomic mass is 32.2. The molecule has 186 valence electrons. The molecule has 0 fully saturated rings. The van der Waals surface area contributed by atoms with Crippen LogP contribution in [0.2, 0.25) is 0 Å². The molecular weight excluding hydrogens is 494 g/mol. The van der Waals surface area contributed by atoms with Crippen molar-refractivity contribution in [1.29, 1.82) is 0 Å². The third-order valence-corrected chi connectivity index (χ3v) is 8.05. The molecule has 36 heavy (non-hydrogen) atoms. The van der Waals surface area contributed by atoms with E-state index in [4.69, 9.17) is 4.74 Å². The molecule has 0 aliphatic rings. The van der Waals surface area contributed by atoms with Gasteiger partial charge in [0.25, 0.3) is 15.9 Å². The highest BCUT2D eigenvalue weighted by molar-refractivity contribution is 7.92. The molecule has 1 N–H and O–H groups in total. The molecule has 7 nitrogen and oxygen atoms in total. The van der Waals surface area contributed by atoms with Crippen LogP contribution in [0.25, 0.3) is 10.2 Å². The second kappa shape index (κ2) is 10.5. The first-order chi connectivity index (χ1) is 17.2. The number of anilines is 1. The second-order valence-corrected chi connectivity index (χ2v) is 11.1. The Hall–Kier alpha value is -3.69. The fraction of sp³-hybridized carbons (Fsp3) is 0.185. The highest BCUT2D eigenvalue weighted by Gasteiger charge is 2.16. The maximum absolute atomic E-state index is 13.1. The second-order valence-electron chi connectivity index (χ2n) is 8.44. The molecule has 0 saturated heterocycles. The van der Waals surface area contributed by atoms with Crippen molar-refractivity contribution < 1.29 is 17.9 Å². The first-order valence-electron chi connectivity index (χ1n) is 11.3. The lowest BCUT2D eigenvalue weighted by Gasteiger charge is -2.09. The van der Waals surface area contributed by atoms with Crippen molar-refractivity contribution in [2.45, 2.75) is 31.2 Å². The molecule has 0 bridgehead atoms. The summed E-state index contributed by atoms with van der Waals surface area (Å²) < 4.78 is 36.2. The average molecular weight is 522 g/mol. The van der Waals surface area contributed by atoms with E-state index in [0.717, 1.165) is 10.2 Å². The van der Waals surface area contributed by atoms with Crippen LogP contribution >= 0.6 is 11.3 Å². The minimum Gasteiger partial charge on any atom is -0.497 e. The van der Waals surface area contributed by atoms with Gasteiger partial charge in [-0.3, -0.25) is 9.52 Å². The quantitative estimate of drug-likeness (QED) is 0.307. The molecule has 9 heteroatoms. The van der Waals surface area contributed by atoms with E-state index in [-0.39, 0.29) is 16.1 Å². The number of fused-ring (bicyclic) bond motifs is 1. The number of ether oxygens (including phenoxy) is 1. The number of benzene rings is 3. The number of allylic oxidation sites excluding steroid dienone is 1. The molecule has 3 aromatic carbocycles. The van der Waals surface area contributed by atoms with Gasteiger partial charge in [-0.05, 0) is 66.1 Å². The topological polar surface area (TPSA) is 89.8 Å². The van der Waals surface area contributed by atoms with E-state index in [1.54, 1.807) is 36.4 Å². The number of carbonyl (C=O) groups is 1. The Bertz CT molecular complexity index is 1600. The van der Waals surface area contributed by atoms with E-state index in [1.165, 1.54) is 42.2 Å². The van der Waals surface area contributed by atoms with E-state index < -0.39 is 15.9 Å². The molecule has 0 aliphatic carbocycles. The minimum absolute atomic E-state index is 0.0845. The van der Waals surface area contributed by atoms with E-state index in [2.05, 4.69) is 42.3 Å². The van der Waals surface area contributed by atoms with E-state index in [1.807, 2.05) is 10.6 Å². The zero-order valence-electron chi connectivity index (χ0n) is 20.3. The fourth-order valence-electron chi connectivity index (χ4n) is 3.68. The van der Waals surface area contributed by atoms with Gasteiger partial charge in [0.15, 0.2) is 4.80 Å². The normalized spacial score (nSPS) is 12.2. The maximum Gasteiger partial charge on any atom is 0.279 e. The molecule has 0 aliphatic heterocycles. The number of rotatable bonds is 8. The Morgan fingerprint density at radius 2 is 1.89 bits per heavy atom. The van der Waals surface area contributed by atoms with Crippen molar-refractivity contribution >= 4 is 43.2 Å². The summed E-state index contributed by atoms with van der Waals surface area (Å²) in [5.41, 5.74) is 2.74. The number of nitrogens with one attached hydrogen (secondary N) is 1. The Morgan fingerprint density at radius 1 is 1.14 bits per heavy atom. The first-order valence-corrected chi connectivity index (χ1v) is 13.6. The summed E-state index contributed by atoms with van der Waals surface area (Å²) in [5.74, 6) is 0.475. The predicted molar refractivity (Wildman–Crippen MR) is 144 cm³/mol. The lowest BCUT2D eigenvalue weighted by Crippen LogP contribution is -2.16. The molecule has 0 atom stereocenters. The molecular formula is C27H27N3O4S2. The van der Waals surface area contributed by atoms with Gasteiger partial charge in [0, 0.05) is 17.8 Å². The summed E-state index contributed by atoms with van der Waals surface area (Å²) in [6.07, 6.45) is 1.76. The van der Waals surface area contributed by atoms with Gasteiger partial charge in [0.05, 0.1) is 22.2 Å². The van der Waals surface area contributed by atoms with Crippen molar-refractivity contribution in [1.82, 2.24) is 4.57 Å². The number of thiazole rings is 1. The number of carbonyl (C=O) groups excluding carboxylic acids is 1. The Morgan fingerprint density at radius 3 is 2.56 bits per heavy atom. The number of nitrogens with zero attached hydrogens (tertiary/aromatic N) is 2. The number of hydrogen-bond acceptors (Lipinski definition) is 5. The van der Waals surface area contributed by atoms with Gasteiger partial charge in [-0.2, -0.15) is 4.99 Å². The summed E-state index contributed by atoms with van der Waals surface area (Å²) in [5, 5.41) is 0. The van der Waals surface area contributed by atoms with Gasteiger partial charge in [-0.25, -0.2) is 8.42 Å². The Kier molecular flexibility index (Phi) is 7.42. The van der Waals surface area contributed by atoms with Crippen LogP contribution in [0, 0.1) is 0 Å². The van der Waals surface area contributed by atoms with Crippen molar-refractivity contribution in [3.05, 3.63) is 95.3 Å². The van der Waals surface area contributed by atoms with Gasteiger partial charge >= 0.3 is 0 Å². The van der Waals surface area contributed by atoms with Crippen molar-refractivity contribution in [3.8, 4) is 5.75 Å². The van der Waals surface area contributed by atoms with Gasteiger partial charge in [-0.15, -0.1) is 6.58 Å². The average Bonchev–Trinajstić information content (AvgIpc) is 3.20. The molecule has 0 unspecified atom stereocenters. The van der Waals surface area contributed by atoms with E-state index in [0.29, 0.717) is 23.0 Å². The largest absolute Gasteiger partial charge is 0.497 e. The lowest BCUT2D eigenvalue weighted by molar-refractivity contribution is 0.0998. The van der Waals surface area contributed by atoms with Crippen LogP contribution in [0.3, 0.4) is 0 Å². The van der Waals surface area contributed by atoms with Crippen LogP contribution < -0.4 is 14.3 Å². The van der Waals surface area contributed by atoms with Crippen LogP contribution in [0.5, 0.6) is 5.75 Å². The summed E-state index contributed by atoms with van der Waals surface area (Å²) in [6.45, 7) is 8.61. The highest BCUT2D eigenvalue weighted by Crippen LogP contribution is 2.24. The van der Waals surface area contributed by atoms with Crippen molar-refractivity contribution in [2.24, 2.45) is 4.99 Å². The van der Waals surface area contributed by atoms with Crippen molar-refractivity contribution in [2.75, 3.05) is 11.8 Å². The number of sulfonamides is 1. The minimum atomic E-state index is -3.84. The zero-order chi connectivity index (χ0) is 25.9. The standard InChI is InChI=1S/C27H27N3O4S2/c1-5-15-30-24-14-9-19(18(2)3)17-25(24)35-27(30)28-26(31)20-7-6-8-21(16-20)29-36(32,33)23-12-10-22(34-4)11-13-23/h5-14,16-18,29H,1,15H2,2-4H3.